The van der Waals surface area contributed by atoms with E-state index < -0.39 is 0 Å². The lowest BCUT2D eigenvalue weighted by Crippen LogP contribution is -2.30. The van der Waals surface area contributed by atoms with Gasteiger partial charge in [0.2, 0.25) is 5.91 Å². The van der Waals surface area contributed by atoms with Crippen LogP contribution in [0.1, 0.15) is 35.9 Å². The van der Waals surface area contributed by atoms with Gasteiger partial charge in [-0.2, -0.15) is 0 Å². The van der Waals surface area contributed by atoms with Gasteiger partial charge in [0.15, 0.2) is 0 Å². The van der Waals surface area contributed by atoms with E-state index in [9.17, 15) is 4.79 Å². The Bertz CT molecular complexity index is 627. The first kappa shape index (κ1) is 15.0. The van der Waals surface area contributed by atoms with Crippen LogP contribution in [-0.2, 0) is 11.2 Å². The van der Waals surface area contributed by atoms with Crippen LogP contribution in [0.25, 0.3) is 0 Å². The van der Waals surface area contributed by atoms with Crippen LogP contribution in [0.15, 0.2) is 35.8 Å². The van der Waals surface area contributed by atoms with Crippen molar-refractivity contribution in [2.24, 2.45) is 0 Å². The summed E-state index contributed by atoms with van der Waals surface area (Å²) in [4.78, 5) is 18.9. The summed E-state index contributed by atoms with van der Waals surface area (Å²) >= 11 is 1.64. The molecule has 0 spiro atoms. The van der Waals surface area contributed by atoms with Crippen LogP contribution in [0.3, 0.4) is 0 Å². The summed E-state index contributed by atoms with van der Waals surface area (Å²) in [7, 11) is 1.66. The van der Waals surface area contributed by atoms with Crippen molar-refractivity contribution in [2.75, 3.05) is 13.7 Å². The number of ether oxygens (including phenoxy) is 1. The van der Waals surface area contributed by atoms with E-state index in [-0.39, 0.29) is 11.9 Å². The third-order valence-corrected chi connectivity index (χ3v) is 4.95. The van der Waals surface area contributed by atoms with E-state index in [1.54, 1.807) is 18.4 Å². The smallest absolute Gasteiger partial charge is 0.223 e. The predicted molar refractivity (Wildman–Crippen MR) is 87.1 cm³/mol. The number of aryl methyl sites for hydroxylation is 1. The highest BCUT2D eigenvalue weighted by molar-refractivity contribution is 7.09. The molecular formula is C17H20N2O2S. The molecule has 1 aromatic heterocycles. The van der Waals surface area contributed by atoms with Crippen molar-refractivity contribution < 1.29 is 9.53 Å². The fourth-order valence-corrected chi connectivity index (χ4v) is 3.73. The topological polar surface area (TPSA) is 42.4 Å². The molecule has 3 rings (SSSR count). The average molecular weight is 316 g/mol. The zero-order chi connectivity index (χ0) is 15.4. The number of likely N-dealkylation sites (tertiary alicyclic amines) is 1. The number of rotatable bonds is 5. The molecule has 4 nitrogen and oxygen atoms in total. The number of hydrogen-bond acceptors (Lipinski definition) is 4. The van der Waals surface area contributed by atoms with Gasteiger partial charge < -0.3 is 9.64 Å². The van der Waals surface area contributed by atoms with Gasteiger partial charge in [0.05, 0.1) is 13.2 Å². The summed E-state index contributed by atoms with van der Waals surface area (Å²) in [5.41, 5.74) is 1.14. The highest BCUT2D eigenvalue weighted by Gasteiger charge is 2.31. The molecule has 116 valence electrons. The lowest BCUT2D eigenvalue weighted by molar-refractivity contribution is -0.132. The van der Waals surface area contributed by atoms with E-state index >= 15 is 0 Å². The Morgan fingerprint density at radius 2 is 2.41 bits per heavy atom. The van der Waals surface area contributed by atoms with E-state index in [2.05, 4.69) is 4.98 Å². The monoisotopic (exact) mass is 316 g/mol. The Morgan fingerprint density at radius 1 is 1.50 bits per heavy atom. The molecule has 1 amide bonds. The zero-order valence-electron chi connectivity index (χ0n) is 12.7. The van der Waals surface area contributed by atoms with Crippen molar-refractivity contribution in [2.45, 2.75) is 31.7 Å². The summed E-state index contributed by atoms with van der Waals surface area (Å²) in [5, 5.41) is 3.04. The SMILES string of the molecule is COc1cccc(CCC(=O)N2CCCC2c2nccs2)c1. The van der Waals surface area contributed by atoms with Crippen LogP contribution in [0, 0.1) is 0 Å². The Balaban J connectivity index is 1.61. The molecule has 22 heavy (non-hydrogen) atoms. The molecule has 2 heterocycles. The number of hydrogen-bond donors (Lipinski definition) is 0. The van der Waals surface area contributed by atoms with E-state index in [1.165, 1.54) is 0 Å². The van der Waals surface area contributed by atoms with E-state index in [0.29, 0.717) is 6.42 Å². The first-order valence-electron chi connectivity index (χ1n) is 7.59. The summed E-state index contributed by atoms with van der Waals surface area (Å²) in [6.45, 7) is 0.848. The maximum absolute atomic E-state index is 12.6. The van der Waals surface area contributed by atoms with Gasteiger partial charge in [-0.3, -0.25) is 4.79 Å². The molecule has 5 heteroatoms. The fraction of sp³-hybridized carbons (Fsp3) is 0.412. The number of carbonyl (C=O) groups is 1. The Morgan fingerprint density at radius 3 is 3.18 bits per heavy atom. The maximum atomic E-state index is 12.6. The molecule has 1 saturated heterocycles. The quantitative estimate of drug-likeness (QED) is 0.848. The second-order valence-electron chi connectivity index (χ2n) is 5.47. The van der Waals surface area contributed by atoms with Crippen LogP contribution in [0.4, 0.5) is 0 Å². The summed E-state index contributed by atoms with van der Waals surface area (Å²) in [5.74, 6) is 1.06. The third kappa shape index (κ3) is 3.30. The van der Waals surface area contributed by atoms with Crippen molar-refractivity contribution in [3.63, 3.8) is 0 Å². The molecule has 2 aromatic rings. The lowest BCUT2D eigenvalue weighted by Gasteiger charge is -2.23. The number of nitrogens with zero attached hydrogens (tertiary/aromatic N) is 2. The van der Waals surface area contributed by atoms with Gasteiger partial charge in [-0.25, -0.2) is 4.98 Å². The van der Waals surface area contributed by atoms with E-state index in [4.69, 9.17) is 4.74 Å². The third-order valence-electron chi connectivity index (χ3n) is 4.07. The highest BCUT2D eigenvalue weighted by Crippen LogP contribution is 2.33. The van der Waals surface area contributed by atoms with Gasteiger partial charge in [0, 0.05) is 24.5 Å². The van der Waals surface area contributed by atoms with E-state index in [0.717, 1.165) is 42.1 Å². The standard InChI is InChI=1S/C17H20N2O2S/c1-21-14-5-2-4-13(12-14)7-8-16(20)19-10-3-6-15(19)17-18-9-11-22-17/h2,4-5,9,11-12,15H,3,6-8,10H2,1H3. The normalized spacial score (nSPS) is 17.7. The summed E-state index contributed by atoms with van der Waals surface area (Å²) in [6.07, 6.45) is 5.19. The van der Waals surface area contributed by atoms with Crippen LogP contribution in [0.2, 0.25) is 0 Å². The number of aromatic nitrogens is 1. The average Bonchev–Trinajstić information content (AvgIpc) is 3.23. The largest absolute Gasteiger partial charge is 0.497 e. The Labute approximate surface area is 134 Å². The van der Waals surface area contributed by atoms with E-state index in [1.807, 2.05) is 40.7 Å². The number of methoxy groups -OCH3 is 1. The van der Waals surface area contributed by atoms with Crippen molar-refractivity contribution in [1.29, 1.82) is 0 Å². The summed E-state index contributed by atoms with van der Waals surface area (Å²) < 4.78 is 5.23. The zero-order valence-corrected chi connectivity index (χ0v) is 13.5. The van der Waals surface area contributed by atoms with Crippen LogP contribution in [-0.4, -0.2) is 29.4 Å². The first-order valence-corrected chi connectivity index (χ1v) is 8.47. The van der Waals surface area contributed by atoms with Gasteiger partial charge in [-0.15, -0.1) is 11.3 Å². The number of carbonyl (C=O) groups excluding carboxylic acids is 1. The Hall–Kier alpha value is -1.88. The van der Waals surface area contributed by atoms with Gasteiger partial charge in [-0.05, 0) is 37.0 Å². The maximum Gasteiger partial charge on any atom is 0.223 e. The molecule has 1 fully saturated rings. The number of benzene rings is 1. The van der Waals surface area contributed by atoms with Crippen molar-refractivity contribution in [3.8, 4) is 5.75 Å². The molecule has 1 atom stereocenters. The minimum Gasteiger partial charge on any atom is -0.497 e. The van der Waals surface area contributed by atoms with Crippen LogP contribution < -0.4 is 4.74 Å². The molecule has 0 N–H and O–H groups in total. The molecule has 0 radical (unpaired) electrons. The van der Waals surface area contributed by atoms with Crippen LogP contribution in [0.5, 0.6) is 5.75 Å². The van der Waals surface area contributed by atoms with Crippen molar-refractivity contribution in [1.82, 2.24) is 9.88 Å². The van der Waals surface area contributed by atoms with Crippen LogP contribution >= 0.6 is 11.3 Å². The second kappa shape index (κ2) is 6.92. The van der Waals surface area contributed by atoms with Gasteiger partial charge in [-0.1, -0.05) is 12.1 Å². The van der Waals surface area contributed by atoms with Crippen molar-refractivity contribution >= 4 is 17.2 Å². The molecule has 0 saturated carbocycles. The van der Waals surface area contributed by atoms with Crippen molar-refractivity contribution in [3.05, 3.63) is 46.4 Å². The first-order chi connectivity index (χ1) is 10.8. The molecular weight excluding hydrogens is 296 g/mol. The molecule has 1 aromatic carbocycles. The molecule has 0 bridgehead atoms. The summed E-state index contributed by atoms with van der Waals surface area (Å²) in [6, 6.07) is 8.10. The highest BCUT2D eigenvalue weighted by atomic mass is 32.1. The molecule has 0 aliphatic carbocycles. The molecule has 1 aliphatic rings. The van der Waals surface area contributed by atoms with Gasteiger partial charge in [0.1, 0.15) is 10.8 Å². The number of thiazole rings is 1. The molecule has 1 aliphatic heterocycles. The second-order valence-corrected chi connectivity index (χ2v) is 6.39. The molecule has 1 unspecified atom stereocenters. The Kier molecular flexibility index (Phi) is 4.73. The lowest BCUT2D eigenvalue weighted by atomic mass is 10.1. The van der Waals surface area contributed by atoms with Gasteiger partial charge >= 0.3 is 0 Å². The minimum absolute atomic E-state index is 0.179. The minimum atomic E-state index is 0.179. The predicted octanol–water partition coefficient (Wildman–Crippen LogP) is 3.45. The number of amides is 1. The van der Waals surface area contributed by atoms with Gasteiger partial charge in [0.25, 0.3) is 0 Å². The fourth-order valence-electron chi connectivity index (χ4n) is 2.94.